The summed E-state index contributed by atoms with van der Waals surface area (Å²) in [4.78, 5) is 31.5. The van der Waals surface area contributed by atoms with Crippen molar-refractivity contribution in [3.63, 3.8) is 0 Å². The molecule has 1 amide bonds. The van der Waals surface area contributed by atoms with Gasteiger partial charge in [0.15, 0.2) is 10.7 Å². The average Bonchev–Trinajstić information content (AvgIpc) is 3.37. The number of esters is 1. The van der Waals surface area contributed by atoms with Gasteiger partial charge in [-0.2, -0.15) is 0 Å². The molecule has 0 fully saturated rings. The van der Waals surface area contributed by atoms with Crippen LogP contribution in [0.3, 0.4) is 0 Å². The number of benzene rings is 1. The SMILES string of the molecule is CC(Oc1cc(-c2c(NC(=O)OC(C)(C)C)nc3ccccn23)sc1C(=O)OC(C)(C)C)c1ccccc1Cl. The van der Waals surface area contributed by atoms with Crippen molar-refractivity contribution in [1.82, 2.24) is 9.38 Å². The number of hydrogen-bond donors (Lipinski definition) is 1. The Balaban J connectivity index is 1.81. The maximum atomic E-state index is 13.3. The van der Waals surface area contributed by atoms with Gasteiger partial charge in [-0.15, -0.1) is 11.3 Å². The molecule has 4 rings (SSSR count). The lowest BCUT2D eigenvalue weighted by atomic mass is 10.1. The lowest BCUT2D eigenvalue weighted by molar-refractivity contribution is 0.00703. The first-order valence-electron chi connectivity index (χ1n) is 12.5. The Labute approximate surface area is 236 Å². The van der Waals surface area contributed by atoms with Gasteiger partial charge in [0.05, 0.1) is 4.88 Å². The molecular weight excluding hydrogens is 538 g/mol. The minimum Gasteiger partial charge on any atom is -0.484 e. The van der Waals surface area contributed by atoms with Crippen molar-refractivity contribution in [1.29, 1.82) is 0 Å². The summed E-state index contributed by atoms with van der Waals surface area (Å²) in [6.07, 6.45) is 0.737. The standard InChI is InChI=1S/C29H32ClN3O5S/c1-17(18-12-8-9-13-19(18)30)36-20-16-21(39-24(20)26(34)37-28(2,3)4)23-25(32-27(35)38-29(5,6)7)31-22-14-10-11-15-33(22)23/h8-17H,1-7H3,(H,32,35). The number of imidazole rings is 1. The number of rotatable bonds is 6. The zero-order chi connectivity index (χ0) is 28.5. The van der Waals surface area contributed by atoms with Gasteiger partial charge in [-0.3, -0.25) is 9.72 Å². The van der Waals surface area contributed by atoms with Gasteiger partial charge in [-0.05, 0) is 66.7 Å². The van der Waals surface area contributed by atoms with E-state index in [0.29, 0.717) is 27.0 Å². The Morgan fingerprint density at radius 2 is 1.67 bits per heavy atom. The predicted molar refractivity (Wildman–Crippen MR) is 154 cm³/mol. The van der Waals surface area contributed by atoms with Crippen LogP contribution >= 0.6 is 22.9 Å². The lowest BCUT2D eigenvalue weighted by Crippen LogP contribution is -2.27. The first kappa shape index (κ1) is 28.4. The van der Waals surface area contributed by atoms with Gasteiger partial charge in [-0.25, -0.2) is 14.6 Å². The summed E-state index contributed by atoms with van der Waals surface area (Å²) in [7, 11) is 0. The van der Waals surface area contributed by atoms with Crippen molar-refractivity contribution < 1.29 is 23.8 Å². The number of nitrogens with zero attached hydrogens (tertiary/aromatic N) is 2. The molecule has 1 N–H and O–H groups in total. The second kappa shape index (κ2) is 10.9. The molecule has 0 radical (unpaired) electrons. The van der Waals surface area contributed by atoms with Crippen LogP contribution < -0.4 is 10.1 Å². The molecular formula is C29H32ClN3O5S. The van der Waals surface area contributed by atoms with Gasteiger partial charge in [0.2, 0.25) is 0 Å². The third-order valence-electron chi connectivity index (χ3n) is 5.31. The number of aromatic nitrogens is 2. The Hall–Kier alpha value is -3.56. The number of carbonyl (C=O) groups is 2. The average molecular weight is 570 g/mol. The molecule has 8 nitrogen and oxygen atoms in total. The molecule has 0 bridgehead atoms. The number of nitrogens with one attached hydrogen (secondary N) is 1. The molecule has 10 heteroatoms. The van der Waals surface area contributed by atoms with E-state index in [1.807, 2.05) is 53.9 Å². The molecule has 0 saturated carbocycles. The fourth-order valence-corrected chi connectivity index (χ4v) is 5.12. The summed E-state index contributed by atoms with van der Waals surface area (Å²) in [5.41, 5.74) is 0.569. The zero-order valence-electron chi connectivity index (χ0n) is 23.0. The third-order valence-corrected chi connectivity index (χ3v) is 6.76. The fraction of sp³-hybridized carbons (Fsp3) is 0.345. The van der Waals surface area contributed by atoms with Crippen LogP contribution in [0.2, 0.25) is 5.02 Å². The lowest BCUT2D eigenvalue weighted by Gasteiger charge is -2.20. The van der Waals surface area contributed by atoms with E-state index >= 15 is 0 Å². The number of pyridine rings is 1. The first-order chi connectivity index (χ1) is 18.2. The number of fused-ring (bicyclic) bond motifs is 1. The largest absolute Gasteiger partial charge is 0.484 e. The van der Waals surface area contributed by atoms with Crippen molar-refractivity contribution in [3.05, 3.63) is 70.2 Å². The Morgan fingerprint density at radius 1 is 1.00 bits per heavy atom. The quantitative estimate of drug-likeness (QED) is 0.235. The minimum atomic E-state index is -0.709. The molecule has 0 spiro atoms. The summed E-state index contributed by atoms with van der Waals surface area (Å²) in [6, 6.07) is 14.7. The van der Waals surface area contributed by atoms with Crippen LogP contribution in [0.4, 0.5) is 10.6 Å². The van der Waals surface area contributed by atoms with E-state index in [0.717, 1.165) is 5.56 Å². The van der Waals surface area contributed by atoms with Crippen molar-refractivity contribution >= 4 is 46.5 Å². The fourth-order valence-electron chi connectivity index (χ4n) is 3.82. The van der Waals surface area contributed by atoms with E-state index < -0.39 is 29.4 Å². The maximum Gasteiger partial charge on any atom is 0.413 e. The van der Waals surface area contributed by atoms with E-state index in [9.17, 15) is 9.59 Å². The number of ether oxygens (including phenoxy) is 3. The summed E-state index contributed by atoms with van der Waals surface area (Å²) in [6.45, 7) is 12.6. The maximum absolute atomic E-state index is 13.3. The normalized spacial score (nSPS) is 12.7. The van der Waals surface area contributed by atoms with Crippen LogP contribution in [0.15, 0.2) is 54.7 Å². The first-order valence-corrected chi connectivity index (χ1v) is 13.7. The highest BCUT2D eigenvalue weighted by atomic mass is 35.5. The van der Waals surface area contributed by atoms with Crippen LogP contribution in [-0.4, -0.2) is 32.6 Å². The van der Waals surface area contributed by atoms with Crippen LogP contribution in [-0.2, 0) is 9.47 Å². The molecule has 0 aliphatic carbocycles. The molecule has 0 aliphatic heterocycles. The summed E-state index contributed by atoms with van der Waals surface area (Å²) < 4.78 is 19.3. The molecule has 1 unspecified atom stereocenters. The molecule has 3 aromatic heterocycles. The third kappa shape index (κ3) is 6.91. The molecule has 0 saturated heterocycles. The van der Waals surface area contributed by atoms with Gasteiger partial charge < -0.3 is 14.2 Å². The van der Waals surface area contributed by atoms with E-state index in [1.165, 1.54) is 11.3 Å². The number of halogens is 1. The van der Waals surface area contributed by atoms with E-state index in [2.05, 4.69) is 10.3 Å². The number of hydrogen-bond acceptors (Lipinski definition) is 7. The highest BCUT2D eigenvalue weighted by Gasteiger charge is 2.29. The zero-order valence-corrected chi connectivity index (χ0v) is 24.6. The number of thiophene rings is 1. The molecule has 206 valence electrons. The topological polar surface area (TPSA) is 91.2 Å². The Morgan fingerprint density at radius 3 is 2.33 bits per heavy atom. The van der Waals surface area contributed by atoms with Crippen molar-refractivity contribution in [2.24, 2.45) is 0 Å². The second-order valence-corrected chi connectivity index (χ2v) is 12.4. The van der Waals surface area contributed by atoms with E-state index in [-0.39, 0.29) is 10.7 Å². The molecule has 0 aliphatic rings. The molecule has 1 aromatic carbocycles. The van der Waals surface area contributed by atoms with Gasteiger partial charge >= 0.3 is 12.1 Å². The van der Waals surface area contributed by atoms with Crippen molar-refractivity contribution in [2.75, 3.05) is 5.32 Å². The van der Waals surface area contributed by atoms with Gasteiger partial charge in [0.1, 0.15) is 34.4 Å². The van der Waals surface area contributed by atoms with Crippen LogP contribution in [0.1, 0.15) is 69.8 Å². The minimum absolute atomic E-state index is 0.285. The highest BCUT2D eigenvalue weighted by Crippen LogP contribution is 2.42. The van der Waals surface area contributed by atoms with Gasteiger partial charge in [0.25, 0.3) is 0 Å². The van der Waals surface area contributed by atoms with E-state index in [4.69, 9.17) is 25.8 Å². The van der Waals surface area contributed by atoms with E-state index in [1.54, 1.807) is 53.7 Å². The molecule has 3 heterocycles. The Kier molecular flexibility index (Phi) is 7.95. The van der Waals surface area contributed by atoms with Crippen LogP contribution in [0.5, 0.6) is 5.75 Å². The van der Waals surface area contributed by atoms with Crippen LogP contribution in [0, 0.1) is 0 Å². The van der Waals surface area contributed by atoms with Crippen molar-refractivity contribution in [3.8, 4) is 16.3 Å². The summed E-state index contributed by atoms with van der Waals surface area (Å²) in [5, 5.41) is 3.32. The molecule has 1 atom stereocenters. The number of anilines is 1. The predicted octanol–water partition coefficient (Wildman–Crippen LogP) is 8.16. The number of carbonyl (C=O) groups excluding carboxylic acids is 2. The Bertz CT molecular complexity index is 1510. The highest BCUT2D eigenvalue weighted by molar-refractivity contribution is 7.17. The smallest absolute Gasteiger partial charge is 0.413 e. The molecule has 39 heavy (non-hydrogen) atoms. The van der Waals surface area contributed by atoms with Crippen LogP contribution in [0.25, 0.3) is 16.2 Å². The number of amides is 1. The van der Waals surface area contributed by atoms with Gasteiger partial charge in [-0.1, -0.05) is 35.9 Å². The summed E-state index contributed by atoms with van der Waals surface area (Å²) >= 11 is 7.60. The molecule has 4 aromatic rings. The summed E-state index contributed by atoms with van der Waals surface area (Å²) in [5.74, 6) is 0.111. The monoisotopic (exact) mass is 569 g/mol. The van der Waals surface area contributed by atoms with Crippen molar-refractivity contribution in [2.45, 2.75) is 65.8 Å². The second-order valence-electron chi connectivity index (χ2n) is 11.0. The van der Waals surface area contributed by atoms with Gasteiger partial charge in [0, 0.05) is 22.8 Å².